The van der Waals surface area contributed by atoms with Gasteiger partial charge in [-0.25, -0.2) is 4.98 Å². The molecule has 2 aliphatic rings. The van der Waals surface area contributed by atoms with Crippen molar-refractivity contribution in [1.29, 1.82) is 0 Å². The number of halogens is 1. The van der Waals surface area contributed by atoms with Gasteiger partial charge in [0.1, 0.15) is 0 Å². The molecule has 184 valence electrons. The molecule has 0 spiro atoms. The Kier molecular flexibility index (Phi) is 7.24. The summed E-state index contributed by atoms with van der Waals surface area (Å²) in [6.45, 7) is 4.38. The number of fused-ring (bicyclic) bond motifs is 1. The lowest BCUT2D eigenvalue weighted by atomic mass is 9.94. The summed E-state index contributed by atoms with van der Waals surface area (Å²) in [5.74, 6) is 1.36. The SMILES string of the molecule is CCOCCCNC(c1cnc(NC(=O)C2(c3ccc4c(c3)OCO4)CC2)s1)c1ccccc1Cl. The van der Waals surface area contributed by atoms with Crippen molar-refractivity contribution in [3.8, 4) is 11.5 Å². The summed E-state index contributed by atoms with van der Waals surface area (Å²) in [6, 6.07) is 13.4. The fourth-order valence-electron chi connectivity index (χ4n) is 4.30. The number of anilines is 1. The second-order valence-electron chi connectivity index (χ2n) is 8.63. The number of carbonyl (C=O) groups is 1. The average molecular weight is 514 g/mol. The zero-order valence-electron chi connectivity index (χ0n) is 19.5. The normalized spacial score (nSPS) is 16.2. The topological polar surface area (TPSA) is 81.7 Å². The van der Waals surface area contributed by atoms with Crippen molar-refractivity contribution >= 4 is 34.0 Å². The number of nitrogens with zero attached hydrogens (tertiary/aromatic N) is 1. The number of benzene rings is 2. The zero-order valence-corrected chi connectivity index (χ0v) is 21.1. The van der Waals surface area contributed by atoms with Crippen molar-refractivity contribution in [2.75, 3.05) is 31.9 Å². The first kappa shape index (κ1) is 24.1. The van der Waals surface area contributed by atoms with E-state index in [0.717, 1.165) is 41.8 Å². The van der Waals surface area contributed by atoms with Crippen LogP contribution in [0, 0.1) is 0 Å². The third-order valence-corrected chi connectivity index (χ3v) is 7.69. The van der Waals surface area contributed by atoms with Crippen LogP contribution < -0.4 is 20.1 Å². The summed E-state index contributed by atoms with van der Waals surface area (Å²) in [6.07, 6.45) is 4.28. The highest BCUT2D eigenvalue weighted by molar-refractivity contribution is 7.15. The number of thiazole rings is 1. The summed E-state index contributed by atoms with van der Waals surface area (Å²) >= 11 is 7.99. The van der Waals surface area contributed by atoms with Crippen LogP contribution in [-0.4, -0.2) is 37.4 Å². The molecule has 3 aromatic rings. The van der Waals surface area contributed by atoms with E-state index in [-0.39, 0.29) is 18.7 Å². The molecule has 2 N–H and O–H groups in total. The molecular weight excluding hydrogens is 486 g/mol. The van der Waals surface area contributed by atoms with Crippen molar-refractivity contribution in [3.63, 3.8) is 0 Å². The van der Waals surface area contributed by atoms with Gasteiger partial charge in [-0.05, 0) is 62.1 Å². The summed E-state index contributed by atoms with van der Waals surface area (Å²) in [7, 11) is 0. The Bertz CT molecular complexity index is 1200. The van der Waals surface area contributed by atoms with Gasteiger partial charge in [0.15, 0.2) is 16.6 Å². The number of hydrogen-bond acceptors (Lipinski definition) is 7. The molecule has 9 heteroatoms. The minimum absolute atomic E-state index is 0.0452. The summed E-state index contributed by atoms with van der Waals surface area (Å²) < 4.78 is 16.4. The van der Waals surface area contributed by atoms with Crippen LogP contribution in [0.15, 0.2) is 48.7 Å². The van der Waals surface area contributed by atoms with Gasteiger partial charge in [-0.15, -0.1) is 0 Å². The number of nitrogens with one attached hydrogen (secondary N) is 2. The molecule has 1 saturated carbocycles. The maximum atomic E-state index is 13.3. The van der Waals surface area contributed by atoms with Crippen LogP contribution in [0.1, 0.15) is 48.2 Å². The van der Waals surface area contributed by atoms with E-state index >= 15 is 0 Å². The second-order valence-corrected chi connectivity index (χ2v) is 10.1. The summed E-state index contributed by atoms with van der Waals surface area (Å²) in [5.41, 5.74) is 1.37. The quantitative estimate of drug-likeness (QED) is 0.338. The van der Waals surface area contributed by atoms with Crippen LogP contribution in [0.25, 0.3) is 0 Å². The van der Waals surface area contributed by atoms with E-state index in [1.807, 2.05) is 55.6 Å². The molecule has 2 heterocycles. The van der Waals surface area contributed by atoms with Crippen molar-refractivity contribution in [2.45, 2.75) is 37.6 Å². The van der Waals surface area contributed by atoms with Gasteiger partial charge in [0.25, 0.3) is 0 Å². The Morgan fingerprint density at radius 1 is 1.23 bits per heavy atom. The molecule has 1 amide bonds. The number of amides is 1. The molecule has 0 saturated heterocycles. The maximum Gasteiger partial charge on any atom is 0.236 e. The highest BCUT2D eigenvalue weighted by Gasteiger charge is 2.52. The molecule has 2 aromatic carbocycles. The van der Waals surface area contributed by atoms with Crippen LogP contribution in [0.5, 0.6) is 11.5 Å². The van der Waals surface area contributed by atoms with Crippen molar-refractivity contribution in [1.82, 2.24) is 10.3 Å². The van der Waals surface area contributed by atoms with Gasteiger partial charge in [-0.1, -0.05) is 47.2 Å². The molecule has 1 aliphatic heterocycles. The highest BCUT2D eigenvalue weighted by atomic mass is 35.5. The highest BCUT2D eigenvalue weighted by Crippen LogP contribution is 2.51. The maximum absolute atomic E-state index is 13.3. The fraction of sp³-hybridized carbons (Fsp3) is 0.385. The zero-order chi connectivity index (χ0) is 24.3. The largest absolute Gasteiger partial charge is 0.454 e. The van der Waals surface area contributed by atoms with Gasteiger partial charge >= 0.3 is 0 Å². The lowest BCUT2D eigenvalue weighted by molar-refractivity contribution is -0.118. The molecule has 1 unspecified atom stereocenters. The van der Waals surface area contributed by atoms with Crippen LogP contribution in [-0.2, 0) is 14.9 Å². The molecule has 5 rings (SSSR count). The smallest absolute Gasteiger partial charge is 0.236 e. The Morgan fingerprint density at radius 3 is 2.86 bits per heavy atom. The Hall–Kier alpha value is -2.65. The molecule has 7 nitrogen and oxygen atoms in total. The van der Waals surface area contributed by atoms with E-state index in [2.05, 4.69) is 15.6 Å². The Morgan fingerprint density at radius 2 is 2.06 bits per heavy atom. The van der Waals surface area contributed by atoms with Crippen LogP contribution in [0.3, 0.4) is 0 Å². The van der Waals surface area contributed by atoms with E-state index in [1.165, 1.54) is 11.3 Å². The Balaban J connectivity index is 1.31. The molecule has 1 aromatic heterocycles. The lowest BCUT2D eigenvalue weighted by Crippen LogP contribution is -2.27. The molecule has 1 aliphatic carbocycles. The molecule has 1 fully saturated rings. The van der Waals surface area contributed by atoms with Crippen molar-refractivity contribution in [3.05, 3.63) is 69.7 Å². The van der Waals surface area contributed by atoms with Gasteiger partial charge in [0.05, 0.1) is 11.5 Å². The fourth-order valence-corrected chi connectivity index (χ4v) is 5.45. The number of carbonyl (C=O) groups excluding carboxylic acids is 1. The number of rotatable bonds is 11. The monoisotopic (exact) mass is 513 g/mol. The first-order chi connectivity index (χ1) is 17.1. The van der Waals surface area contributed by atoms with E-state index in [4.69, 9.17) is 25.8 Å². The minimum atomic E-state index is -0.549. The Labute approximate surface area is 213 Å². The van der Waals surface area contributed by atoms with Gasteiger partial charge < -0.3 is 24.8 Å². The van der Waals surface area contributed by atoms with Gasteiger partial charge in [0, 0.05) is 29.3 Å². The van der Waals surface area contributed by atoms with E-state index in [9.17, 15) is 4.79 Å². The second kappa shape index (κ2) is 10.5. The van der Waals surface area contributed by atoms with Crippen LogP contribution in [0.4, 0.5) is 5.13 Å². The third kappa shape index (κ3) is 5.16. The number of aromatic nitrogens is 1. The average Bonchev–Trinajstić information content (AvgIpc) is 3.33. The number of hydrogen-bond donors (Lipinski definition) is 2. The van der Waals surface area contributed by atoms with Crippen LogP contribution >= 0.6 is 22.9 Å². The van der Waals surface area contributed by atoms with E-state index in [0.29, 0.717) is 34.9 Å². The standard InChI is InChI=1S/C26H28ClN3O4S/c1-2-32-13-5-12-28-23(18-6-3-4-7-19(18)27)22-15-29-25(35-22)30-24(31)26(10-11-26)17-8-9-20-21(14-17)34-16-33-20/h3-4,6-9,14-15,23,28H,2,5,10-13,16H2,1H3,(H,29,30,31). The van der Waals surface area contributed by atoms with E-state index < -0.39 is 5.41 Å². The van der Waals surface area contributed by atoms with Crippen LogP contribution in [0.2, 0.25) is 5.02 Å². The van der Waals surface area contributed by atoms with Gasteiger partial charge in [-0.3, -0.25) is 4.79 Å². The predicted octanol–water partition coefficient (Wildman–Crippen LogP) is 5.30. The van der Waals surface area contributed by atoms with Crippen molar-refractivity contribution < 1.29 is 19.0 Å². The summed E-state index contributed by atoms with van der Waals surface area (Å²) in [4.78, 5) is 18.8. The first-order valence-corrected chi connectivity index (χ1v) is 13.0. The third-order valence-electron chi connectivity index (χ3n) is 6.37. The first-order valence-electron chi connectivity index (χ1n) is 11.8. The van der Waals surface area contributed by atoms with Gasteiger partial charge in [0.2, 0.25) is 12.7 Å². The van der Waals surface area contributed by atoms with Gasteiger partial charge in [-0.2, -0.15) is 0 Å². The lowest BCUT2D eigenvalue weighted by Gasteiger charge is -2.19. The molecule has 1 atom stereocenters. The molecule has 0 bridgehead atoms. The molecule has 35 heavy (non-hydrogen) atoms. The molecule has 0 radical (unpaired) electrons. The minimum Gasteiger partial charge on any atom is -0.454 e. The van der Waals surface area contributed by atoms with Crippen molar-refractivity contribution in [2.24, 2.45) is 0 Å². The van der Waals surface area contributed by atoms with E-state index in [1.54, 1.807) is 0 Å². The summed E-state index contributed by atoms with van der Waals surface area (Å²) in [5, 5.41) is 7.89. The molecular formula is C26H28ClN3O4S. The number of ether oxygens (including phenoxy) is 3. The predicted molar refractivity (Wildman–Crippen MR) is 137 cm³/mol.